The first-order valence-electron chi connectivity index (χ1n) is 12.2. The van der Waals surface area contributed by atoms with Crippen LogP contribution in [0.1, 0.15) is 23.6 Å². The summed E-state index contributed by atoms with van der Waals surface area (Å²) < 4.78 is 48.5. The summed E-state index contributed by atoms with van der Waals surface area (Å²) in [6, 6.07) is 8.21. The zero-order valence-corrected chi connectivity index (χ0v) is 22.8. The van der Waals surface area contributed by atoms with Crippen LogP contribution in [-0.2, 0) is 29.5 Å². The third-order valence-electron chi connectivity index (χ3n) is 6.19. The highest BCUT2D eigenvalue weighted by molar-refractivity contribution is 7.92. The SMILES string of the molecule is CCc1ccc(OC)c(S(=O)(=O)Nc2noc3cc(Cn4cc(CNC(=O)n5ccnc5)cn4)cc(OC)c23)c1. The Balaban J connectivity index is 1.35. The Morgan fingerprint density at radius 1 is 1.07 bits per heavy atom. The van der Waals surface area contributed by atoms with E-state index in [1.807, 2.05) is 19.2 Å². The van der Waals surface area contributed by atoms with Crippen molar-refractivity contribution in [3.8, 4) is 11.5 Å². The number of rotatable bonds is 10. The Hall–Kier alpha value is -4.85. The molecule has 0 aliphatic heterocycles. The molecular weight excluding hydrogens is 538 g/mol. The van der Waals surface area contributed by atoms with E-state index in [0.29, 0.717) is 29.7 Å². The van der Waals surface area contributed by atoms with Gasteiger partial charge < -0.3 is 19.3 Å². The molecule has 1 amide bonds. The largest absolute Gasteiger partial charge is 0.496 e. The lowest BCUT2D eigenvalue weighted by Gasteiger charge is -2.12. The topological polar surface area (TPSA) is 155 Å². The summed E-state index contributed by atoms with van der Waals surface area (Å²) in [7, 11) is -1.17. The molecular formula is C26H27N7O6S. The second kappa shape index (κ2) is 11.1. The number of nitrogens with one attached hydrogen (secondary N) is 2. The maximum absolute atomic E-state index is 13.3. The Morgan fingerprint density at radius 2 is 1.90 bits per heavy atom. The van der Waals surface area contributed by atoms with Crippen molar-refractivity contribution in [1.82, 2.24) is 29.8 Å². The zero-order chi connectivity index (χ0) is 28.3. The molecule has 0 radical (unpaired) electrons. The van der Waals surface area contributed by atoms with Gasteiger partial charge in [0.25, 0.3) is 10.0 Å². The number of carbonyl (C=O) groups excluding carboxylic acids is 1. The Labute approximate surface area is 229 Å². The lowest BCUT2D eigenvalue weighted by Crippen LogP contribution is -2.26. The number of hydrogen-bond acceptors (Lipinski definition) is 9. The number of sulfonamides is 1. The van der Waals surface area contributed by atoms with Crippen molar-refractivity contribution in [2.75, 3.05) is 18.9 Å². The van der Waals surface area contributed by atoms with E-state index in [1.54, 1.807) is 41.3 Å². The molecule has 0 atom stereocenters. The molecule has 3 aromatic heterocycles. The smallest absolute Gasteiger partial charge is 0.327 e. The lowest BCUT2D eigenvalue weighted by molar-refractivity contribution is 0.242. The third kappa shape index (κ3) is 5.47. The summed E-state index contributed by atoms with van der Waals surface area (Å²) in [5.41, 5.74) is 2.77. The van der Waals surface area contributed by atoms with Crippen molar-refractivity contribution < 1.29 is 27.2 Å². The molecule has 0 aliphatic carbocycles. The summed E-state index contributed by atoms with van der Waals surface area (Å²) in [4.78, 5) is 16.0. The Morgan fingerprint density at radius 3 is 2.62 bits per heavy atom. The molecule has 0 saturated heterocycles. The number of benzene rings is 2. The van der Waals surface area contributed by atoms with Crippen molar-refractivity contribution >= 4 is 32.8 Å². The summed E-state index contributed by atoms with van der Waals surface area (Å²) in [5.74, 6) is 0.588. The van der Waals surface area contributed by atoms with Crippen molar-refractivity contribution in [3.05, 3.63) is 78.1 Å². The molecule has 0 spiro atoms. The first kappa shape index (κ1) is 26.7. The first-order chi connectivity index (χ1) is 19.3. The number of imidazole rings is 1. The van der Waals surface area contributed by atoms with E-state index < -0.39 is 10.0 Å². The van der Waals surface area contributed by atoms with Crippen LogP contribution in [0.3, 0.4) is 0 Å². The second-order valence-electron chi connectivity index (χ2n) is 8.82. The highest BCUT2D eigenvalue weighted by atomic mass is 32.2. The summed E-state index contributed by atoms with van der Waals surface area (Å²) in [5, 5.41) is 11.5. The van der Waals surface area contributed by atoms with Crippen LogP contribution in [-0.4, -0.2) is 53.2 Å². The summed E-state index contributed by atoms with van der Waals surface area (Å²) >= 11 is 0. The van der Waals surface area contributed by atoms with Crippen LogP contribution in [0.15, 0.2) is 70.9 Å². The fraction of sp³-hybridized carbons (Fsp3) is 0.231. The predicted molar refractivity (Wildman–Crippen MR) is 145 cm³/mol. The van der Waals surface area contributed by atoms with Crippen LogP contribution in [0.5, 0.6) is 11.5 Å². The van der Waals surface area contributed by atoms with Crippen molar-refractivity contribution in [1.29, 1.82) is 0 Å². The first-order valence-corrected chi connectivity index (χ1v) is 13.7. The number of aromatic nitrogens is 5. The van der Waals surface area contributed by atoms with Gasteiger partial charge in [-0.1, -0.05) is 18.1 Å². The molecule has 0 bridgehead atoms. The molecule has 208 valence electrons. The zero-order valence-electron chi connectivity index (χ0n) is 22.0. The predicted octanol–water partition coefficient (Wildman–Crippen LogP) is 3.41. The van der Waals surface area contributed by atoms with Crippen LogP contribution in [0.4, 0.5) is 10.6 Å². The molecule has 13 nitrogen and oxygen atoms in total. The average molecular weight is 566 g/mol. The quantitative estimate of drug-likeness (QED) is 0.259. The highest BCUT2D eigenvalue weighted by Gasteiger charge is 2.25. The molecule has 0 fully saturated rings. The second-order valence-corrected chi connectivity index (χ2v) is 10.5. The van der Waals surface area contributed by atoms with E-state index in [9.17, 15) is 13.2 Å². The van der Waals surface area contributed by atoms with Crippen molar-refractivity contribution in [2.45, 2.75) is 31.3 Å². The van der Waals surface area contributed by atoms with Gasteiger partial charge in [0.15, 0.2) is 11.4 Å². The minimum Gasteiger partial charge on any atom is -0.496 e. The molecule has 0 aliphatic rings. The minimum absolute atomic E-state index is 0.00244. The minimum atomic E-state index is -4.06. The normalized spacial score (nSPS) is 11.5. The average Bonchev–Trinajstić information content (AvgIpc) is 3.73. The van der Waals surface area contributed by atoms with Gasteiger partial charge in [0, 0.05) is 30.7 Å². The Bertz CT molecular complexity index is 1760. The lowest BCUT2D eigenvalue weighted by atomic mass is 10.1. The molecule has 5 rings (SSSR count). The molecule has 5 aromatic rings. The van der Waals surface area contributed by atoms with Gasteiger partial charge >= 0.3 is 6.03 Å². The van der Waals surface area contributed by atoms with Crippen LogP contribution in [0.2, 0.25) is 0 Å². The standard InChI is InChI=1S/C26H27N7O6S/c1-4-17-5-6-20(37-2)23(11-17)40(35,36)31-25-24-21(38-3)9-18(10-22(24)39-30-25)14-33-15-19(13-29-33)12-28-26(34)32-8-7-27-16-32/h5-11,13,15-16H,4,12,14H2,1-3H3,(H,28,34)(H,30,31). The fourth-order valence-corrected chi connectivity index (χ4v) is 5.39. The maximum atomic E-state index is 13.3. The molecule has 40 heavy (non-hydrogen) atoms. The van der Waals surface area contributed by atoms with Crippen molar-refractivity contribution in [3.63, 3.8) is 0 Å². The highest BCUT2D eigenvalue weighted by Crippen LogP contribution is 2.36. The van der Waals surface area contributed by atoms with Gasteiger partial charge in [-0.2, -0.15) is 5.10 Å². The van der Waals surface area contributed by atoms with Crippen LogP contribution in [0, 0.1) is 0 Å². The number of methoxy groups -OCH3 is 2. The van der Waals surface area contributed by atoms with Crippen LogP contribution in [0.25, 0.3) is 11.0 Å². The van der Waals surface area contributed by atoms with Gasteiger partial charge in [-0.3, -0.25) is 14.0 Å². The van der Waals surface area contributed by atoms with E-state index >= 15 is 0 Å². The van der Waals surface area contributed by atoms with E-state index in [-0.39, 0.29) is 29.0 Å². The maximum Gasteiger partial charge on any atom is 0.327 e. The number of hydrogen-bond donors (Lipinski definition) is 2. The van der Waals surface area contributed by atoms with Crippen LogP contribution >= 0.6 is 0 Å². The van der Waals surface area contributed by atoms with E-state index in [0.717, 1.165) is 16.7 Å². The summed E-state index contributed by atoms with van der Waals surface area (Å²) in [6.07, 6.45) is 8.63. The molecule has 14 heteroatoms. The molecule has 2 aromatic carbocycles. The Kier molecular flexibility index (Phi) is 7.42. The molecule has 2 N–H and O–H groups in total. The number of anilines is 1. The van der Waals surface area contributed by atoms with Gasteiger partial charge in [-0.15, -0.1) is 0 Å². The number of fused-ring (bicyclic) bond motifs is 1. The molecule has 0 unspecified atom stereocenters. The molecule has 3 heterocycles. The van der Waals surface area contributed by atoms with Gasteiger partial charge in [0.05, 0.1) is 27.0 Å². The number of amides is 1. The van der Waals surface area contributed by atoms with E-state index in [4.69, 9.17) is 14.0 Å². The van der Waals surface area contributed by atoms with Gasteiger partial charge in [-0.25, -0.2) is 18.2 Å². The van der Waals surface area contributed by atoms with Gasteiger partial charge in [0.1, 0.15) is 28.1 Å². The van der Waals surface area contributed by atoms with Gasteiger partial charge in [0.2, 0.25) is 0 Å². The number of ether oxygens (including phenoxy) is 2. The summed E-state index contributed by atoms with van der Waals surface area (Å²) in [6.45, 7) is 2.59. The number of carbonyl (C=O) groups is 1. The third-order valence-corrected chi connectivity index (χ3v) is 7.55. The monoisotopic (exact) mass is 565 g/mol. The fourth-order valence-electron chi connectivity index (χ4n) is 4.16. The van der Waals surface area contributed by atoms with E-state index in [2.05, 4.69) is 25.3 Å². The number of nitrogens with zero attached hydrogens (tertiary/aromatic N) is 5. The number of aryl methyl sites for hydroxylation is 1. The van der Waals surface area contributed by atoms with Crippen molar-refractivity contribution in [2.24, 2.45) is 0 Å². The van der Waals surface area contributed by atoms with Gasteiger partial charge in [-0.05, 0) is 41.8 Å². The van der Waals surface area contributed by atoms with Crippen LogP contribution < -0.4 is 19.5 Å². The van der Waals surface area contributed by atoms with E-state index in [1.165, 1.54) is 31.3 Å². The molecule has 0 saturated carbocycles.